The number of ether oxygens (including phenoxy) is 1. The van der Waals surface area contributed by atoms with Crippen LogP contribution in [0.15, 0.2) is 18.2 Å². The molecular weight excluding hydrogens is 272 g/mol. The van der Waals surface area contributed by atoms with E-state index < -0.39 is 0 Å². The monoisotopic (exact) mass is 294 g/mol. The molecule has 0 spiro atoms. The Morgan fingerprint density at radius 2 is 2.20 bits per heavy atom. The summed E-state index contributed by atoms with van der Waals surface area (Å²) in [6.07, 6.45) is 2.61. The first kappa shape index (κ1) is 14.2. The summed E-state index contributed by atoms with van der Waals surface area (Å²) in [5, 5.41) is 4.40. The maximum absolute atomic E-state index is 6.19. The fraction of sp³-hybridized carbons (Fsp3) is 0.625. The van der Waals surface area contributed by atoms with Crippen molar-refractivity contribution in [3.8, 4) is 0 Å². The Labute approximate surface area is 126 Å². The molecule has 3 rings (SSSR count). The van der Waals surface area contributed by atoms with Crippen molar-refractivity contribution in [2.24, 2.45) is 0 Å². The predicted molar refractivity (Wildman–Crippen MR) is 83.6 cm³/mol. The minimum Gasteiger partial charge on any atom is -0.377 e. The topological polar surface area (TPSA) is 24.5 Å². The van der Waals surface area contributed by atoms with Gasteiger partial charge in [-0.05, 0) is 50.5 Å². The molecule has 0 aromatic heterocycles. The van der Waals surface area contributed by atoms with Gasteiger partial charge in [0.2, 0.25) is 0 Å². The third kappa shape index (κ3) is 3.11. The van der Waals surface area contributed by atoms with Gasteiger partial charge in [0, 0.05) is 29.8 Å². The first-order valence-electron chi connectivity index (χ1n) is 7.43. The molecule has 0 atom stereocenters. The molecule has 1 heterocycles. The molecule has 1 aliphatic heterocycles. The molecule has 110 valence electrons. The molecule has 2 fully saturated rings. The second kappa shape index (κ2) is 5.55. The molecule has 20 heavy (non-hydrogen) atoms. The molecule has 1 N–H and O–H groups in total. The zero-order valence-electron chi connectivity index (χ0n) is 12.3. The minimum atomic E-state index is 0.0282. The molecule has 0 amide bonds. The van der Waals surface area contributed by atoms with E-state index in [-0.39, 0.29) is 5.54 Å². The van der Waals surface area contributed by atoms with Crippen molar-refractivity contribution in [1.29, 1.82) is 0 Å². The average molecular weight is 295 g/mol. The molecule has 3 nitrogen and oxygen atoms in total. The first-order chi connectivity index (χ1) is 9.56. The van der Waals surface area contributed by atoms with Crippen molar-refractivity contribution in [3.05, 3.63) is 28.8 Å². The zero-order valence-corrected chi connectivity index (χ0v) is 13.0. The largest absolute Gasteiger partial charge is 0.377 e. The number of benzene rings is 1. The summed E-state index contributed by atoms with van der Waals surface area (Å²) < 4.78 is 5.62. The quantitative estimate of drug-likeness (QED) is 0.923. The highest BCUT2D eigenvalue weighted by Crippen LogP contribution is 2.32. The van der Waals surface area contributed by atoms with E-state index in [1.165, 1.54) is 24.1 Å². The molecule has 1 aliphatic carbocycles. The lowest BCUT2D eigenvalue weighted by Crippen LogP contribution is -2.53. The average Bonchev–Trinajstić information content (AvgIpc) is 3.21. The molecule has 1 saturated heterocycles. The number of morpholine rings is 1. The van der Waals surface area contributed by atoms with Crippen LogP contribution < -0.4 is 10.2 Å². The Balaban J connectivity index is 1.86. The fourth-order valence-corrected chi connectivity index (χ4v) is 3.00. The summed E-state index contributed by atoms with van der Waals surface area (Å²) >= 11 is 6.19. The van der Waals surface area contributed by atoms with E-state index >= 15 is 0 Å². The molecule has 1 aromatic carbocycles. The maximum Gasteiger partial charge on any atom is 0.0694 e. The van der Waals surface area contributed by atoms with Gasteiger partial charge in [0.15, 0.2) is 0 Å². The summed E-state index contributed by atoms with van der Waals surface area (Å²) in [6, 6.07) is 6.94. The predicted octanol–water partition coefficient (Wildman–Crippen LogP) is 3.21. The van der Waals surface area contributed by atoms with Gasteiger partial charge < -0.3 is 15.0 Å². The SMILES string of the molecule is CC1(C)COCCN1c1ccc(Cl)cc1CNC1CC1. The summed E-state index contributed by atoms with van der Waals surface area (Å²) in [4.78, 5) is 2.46. The highest BCUT2D eigenvalue weighted by molar-refractivity contribution is 6.30. The number of hydrogen-bond donors (Lipinski definition) is 1. The van der Waals surface area contributed by atoms with Crippen molar-refractivity contribution in [2.45, 2.75) is 44.8 Å². The number of rotatable bonds is 4. The van der Waals surface area contributed by atoms with E-state index in [4.69, 9.17) is 16.3 Å². The van der Waals surface area contributed by atoms with E-state index in [2.05, 4.69) is 36.2 Å². The van der Waals surface area contributed by atoms with E-state index in [1.54, 1.807) is 0 Å². The van der Waals surface area contributed by atoms with Crippen LogP contribution in [-0.4, -0.2) is 31.3 Å². The van der Waals surface area contributed by atoms with Crippen molar-refractivity contribution >= 4 is 17.3 Å². The molecule has 0 radical (unpaired) electrons. The van der Waals surface area contributed by atoms with Crippen LogP contribution in [0.2, 0.25) is 5.02 Å². The summed E-state index contributed by atoms with van der Waals surface area (Å²) in [7, 11) is 0. The van der Waals surface area contributed by atoms with Gasteiger partial charge in [0.1, 0.15) is 0 Å². The second-order valence-corrected chi connectivity index (χ2v) is 6.88. The lowest BCUT2D eigenvalue weighted by atomic mass is 9.99. The van der Waals surface area contributed by atoms with Gasteiger partial charge in [-0.25, -0.2) is 0 Å². The summed E-state index contributed by atoms with van der Waals surface area (Å²) in [5.41, 5.74) is 2.61. The van der Waals surface area contributed by atoms with E-state index in [9.17, 15) is 0 Å². The third-order valence-corrected chi connectivity index (χ3v) is 4.37. The van der Waals surface area contributed by atoms with E-state index in [1.807, 2.05) is 6.07 Å². The summed E-state index contributed by atoms with van der Waals surface area (Å²) in [6.45, 7) is 7.86. The van der Waals surface area contributed by atoms with Crippen molar-refractivity contribution in [1.82, 2.24) is 5.32 Å². The minimum absolute atomic E-state index is 0.0282. The third-order valence-electron chi connectivity index (χ3n) is 4.14. The highest BCUT2D eigenvalue weighted by Gasteiger charge is 2.32. The fourth-order valence-electron chi connectivity index (χ4n) is 2.81. The van der Waals surface area contributed by atoms with Crippen LogP contribution in [0.5, 0.6) is 0 Å². The second-order valence-electron chi connectivity index (χ2n) is 6.44. The van der Waals surface area contributed by atoms with Gasteiger partial charge >= 0.3 is 0 Å². The van der Waals surface area contributed by atoms with E-state index in [0.29, 0.717) is 6.04 Å². The van der Waals surface area contributed by atoms with Gasteiger partial charge in [-0.15, -0.1) is 0 Å². The Kier molecular flexibility index (Phi) is 3.93. The molecule has 1 saturated carbocycles. The standard InChI is InChI=1S/C16H23ClN2O/c1-16(2)11-20-8-7-19(16)15-6-3-13(17)9-12(15)10-18-14-4-5-14/h3,6,9,14,18H,4-5,7-8,10-11H2,1-2H3. The zero-order chi connectivity index (χ0) is 14.2. The lowest BCUT2D eigenvalue weighted by molar-refractivity contribution is 0.0643. The van der Waals surface area contributed by atoms with Crippen LogP contribution in [0.3, 0.4) is 0 Å². The molecule has 4 heteroatoms. The normalized spacial score (nSPS) is 22.1. The molecule has 1 aromatic rings. The Bertz CT molecular complexity index is 485. The molecule has 2 aliphatic rings. The Hall–Kier alpha value is -0.770. The molecule has 0 bridgehead atoms. The van der Waals surface area contributed by atoms with Gasteiger partial charge in [0.25, 0.3) is 0 Å². The molecule has 0 unspecified atom stereocenters. The smallest absolute Gasteiger partial charge is 0.0694 e. The van der Waals surface area contributed by atoms with Gasteiger partial charge in [-0.3, -0.25) is 0 Å². The van der Waals surface area contributed by atoms with Crippen LogP contribution in [0.1, 0.15) is 32.3 Å². The van der Waals surface area contributed by atoms with Crippen LogP contribution in [0.4, 0.5) is 5.69 Å². The Morgan fingerprint density at radius 1 is 1.40 bits per heavy atom. The van der Waals surface area contributed by atoms with Crippen molar-refractivity contribution in [2.75, 3.05) is 24.7 Å². The summed E-state index contributed by atoms with van der Waals surface area (Å²) in [5.74, 6) is 0. The lowest BCUT2D eigenvalue weighted by Gasteiger charge is -2.44. The number of nitrogens with one attached hydrogen (secondary N) is 1. The van der Waals surface area contributed by atoms with Crippen LogP contribution >= 0.6 is 11.6 Å². The maximum atomic E-state index is 6.19. The number of anilines is 1. The van der Waals surface area contributed by atoms with Crippen LogP contribution in [0.25, 0.3) is 0 Å². The number of nitrogens with zero attached hydrogens (tertiary/aromatic N) is 1. The van der Waals surface area contributed by atoms with Crippen molar-refractivity contribution in [3.63, 3.8) is 0 Å². The van der Waals surface area contributed by atoms with Crippen LogP contribution in [-0.2, 0) is 11.3 Å². The van der Waals surface area contributed by atoms with E-state index in [0.717, 1.165) is 31.3 Å². The Morgan fingerprint density at radius 3 is 2.90 bits per heavy atom. The highest BCUT2D eigenvalue weighted by atomic mass is 35.5. The van der Waals surface area contributed by atoms with Gasteiger partial charge in [-0.1, -0.05) is 11.6 Å². The molecular formula is C16H23ClN2O. The van der Waals surface area contributed by atoms with Gasteiger partial charge in [-0.2, -0.15) is 0 Å². The van der Waals surface area contributed by atoms with Crippen molar-refractivity contribution < 1.29 is 4.74 Å². The van der Waals surface area contributed by atoms with Crippen LogP contribution in [0, 0.1) is 0 Å². The number of halogens is 1. The van der Waals surface area contributed by atoms with Gasteiger partial charge in [0.05, 0.1) is 18.8 Å². The first-order valence-corrected chi connectivity index (χ1v) is 7.81. The number of hydrogen-bond acceptors (Lipinski definition) is 3.